The second kappa shape index (κ2) is 23.6. The largest absolute Gasteiger partial charge is 0.377 e. The lowest BCUT2D eigenvalue weighted by molar-refractivity contribution is 0.0774. The van der Waals surface area contributed by atoms with Crippen LogP contribution in [-0.4, -0.2) is 40.2 Å². The van der Waals surface area contributed by atoms with Crippen molar-refractivity contribution in [1.29, 1.82) is 0 Å². The first kappa shape index (κ1) is 31.5. The van der Waals surface area contributed by atoms with E-state index in [9.17, 15) is 14.4 Å². The van der Waals surface area contributed by atoms with E-state index in [0.717, 1.165) is 18.6 Å². The lowest BCUT2D eigenvalue weighted by Crippen LogP contribution is -2.22. The van der Waals surface area contributed by atoms with E-state index in [1.165, 1.54) is 103 Å². The van der Waals surface area contributed by atoms with Crippen molar-refractivity contribution in [1.82, 2.24) is 0 Å². The van der Waals surface area contributed by atoms with Gasteiger partial charge in [-0.15, -0.1) is 0 Å². The first-order chi connectivity index (χ1) is 15.0. The molecule has 0 aliphatic rings. The fourth-order valence-corrected chi connectivity index (χ4v) is 5.80. The summed E-state index contributed by atoms with van der Waals surface area (Å²) in [7, 11) is -4.02. The summed E-state index contributed by atoms with van der Waals surface area (Å²) in [5, 5.41) is 0. The highest BCUT2D eigenvalue weighted by Crippen LogP contribution is 2.36. The maximum atomic E-state index is 11.4. The standard InChI is InChI=1S/C25H53O4PS/c1-3-5-7-9-11-13-14-16-18-20-22-31-24-25(23-30(26,27)28)29-21-19-17-15-12-10-8-6-4-2/h25H,3-24H2,1-2H3,(H2,26,27,28). The van der Waals surface area contributed by atoms with Gasteiger partial charge in [-0.05, 0) is 18.6 Å². The monoisotopic (exact) mass is 480 g/mol. The van der Waals surface area contributed by atoms with E-state index in [1.807, 2.05) is 0 Å². The Morgan fingerprint density at radius 2 is 1.10 bits per heavy atom. The van der Waals surface area contributed by atoms with Gasteiger partial charge in [0.05, 0.1) is 12.3 Å². The summed E-state index contributed by atoms with van der Waals surface area (Å²) in [6.07, 6.45) is 22.9. The van der Waals surface area contributed by atoms with Crippen LogP contribution >= 0.6 is 19.4 Å². The van der Waals surface area contributed by atoms with E-state index in [0.29, 0.717) is 12.4 Å². The highest BCUT2D eigenvalue weighted by atomic mass is 32.2. The van der Waals surface area contributed by atoms with Crippen LogP contribution in [0.4, 0.5) is 0 Å². The summed E-state index contributed by atoms with van der Waals surface area (Å²) in [6.45, 7) is 5.12. The highest BCUT2D eigenvalue weighted by Gasteiger charge is 2.22. The van der Waals surface area contributed by atoms with Crippen LogP contribution in [0.3, 0.4) is 0 Å². The lowest BCUT2D eigenvalue weighted by atomic mass is 10.1. The van der Waals surface area contributed by atoms with Gasteiger partial charge < -0.3 is 14.5 Å². The SMILES string of the molecule is CCCCCCCCCCCCSCC(CP(=O)(O)O)OCCCCCCCCCC. The van der Waals surface area contributed by atoms with Gasteiger partial charge in [0.1, 0.15) is 0 Å². The molecule has 0 aromatic rings. The van der Waals surface area contributed by atoms with E-state index in [-0.39, 0.29) is 12.3 Å². The zero-order chi connectivity index (χ0) is 23.0. The first-order valence-electron chi connectivity index (χ1n) is 13.2. The van der Waals surface area contributed by atoms with Gasteiger partial charge in [-0.2, -0.15) is 11.8 Å². The molecule has 0 heterocycles. The molecule has 0 rings (SSSR count). The molecular formula is C25H53O4PS. The van der Waals surface area contributed by atoms with Gasteiger partial charge in [-0.3, -0.25) is 4.57 Å². The molecule has 0 saturated heterocycles. The molecule has 0 aliphatic carbocycles. The molecule has 188 valence electrons. The molecule has 1 atom stereocenters. The number of ether oxygens (including phenoxy) is 1. The minimum Gasteiger partial charge on any atom is -0.377 e. The third kappa shape index (κ3) is 26.6. The van der Waals surface area contributed by atoms with Gasteiger partial charge in [-0.25, -0.2) is 0 Å². The van der Waals surface area contributed by atoms with E-state index in [4.69, 9.17) is 4.74 Å². The van der Waals surface area contributed by atoms with Crippen LogP contribution in [-0.2, 0) is 9.30 Å². The van der Waals surface area contributed by atoms with Gasteiger partial charge in [0.2, 0.25) is 0 Å². The van der Waals surface area contributed by atoms with Crippen LogP contribution < -0.4 is 0 Å². The zero-order valence-corrected chi connectivity index (χ0v) is 22.4. The summed E-state index contributed by atoms with van der Waals surface area (Å²) in [6, 6.07) is 0. The van der Waals surface area contributed by atoms with E-state index in [2.05, 4.69) is 13.8 Å². The lowest BCUT2D eigenvalue weighted by Gasteiger charge is -2.18. The van der Waals surface area contributed by atoms with Crippen molar-refractivity contribution in [2.75, 3.05) is 24.3 Å². The average Bonchev–Trinajstić information content (AvgIpc) is 2.72. The predicted octanol–water partition coefficient (Wildman–Crippen LogP) is 8.34. The Kier molecular flexibility index (Phi) is 24.0. The second-order valence-corrected chi connectivity index (χ2v) is 11.9. The van der Waals surface area contributed by atoms with Gasteiger partial charge in [0.25, 0.3) is 0 Å². The Bertz CT molecular complexity index is 403. The number of rotatable bonds is 25. The smallest absolute Gasteiger partial charge is 0.328 e. The third-order valence-corrected chi connectivity index (χ3v) is 7.81. The normalized spacial score (nSPS) is 13.0. The molecule has 0 fully saturated rings. The number of unbranched alkanes of at least 4 members (excludes halogenated alkanes) is 16. The maximum Gasteiger partial charge on any atom is 0.328 e. The number of hydrogen-bond acceptors (Lipinski definition) is 3. The molecule has 0 radical (unpaired) electrons. The van der Waals surface area contributed by atoms with Crippen molar-refractivity contribution >= 4 is 19.4 Å². The van der Waals surface area contributed by atoms with Gasteiger partial charge in [-0.1, -0.05) is 117 Å². The summed E-state index contributed by atoms with van der Waals surface area (Å²) < 4.78 is 17.3. The van der Waals surface area contributed by atoms with Crippen molar-refractivity contribution in [2.24, 2.45) is 0 Å². The summed E-state index contributed by atoms with van der Waals surface area (Å²) in [4.78, 5) is 18.7. The Balaban J connectivity index is 3.68. The molecule has 0 aromatic carbocycles. The van der Waals surface area contributed by atoms with Crippen LogP contribution in [0, 0.1) is 0 Å². The van der Waals surface area contributed by atoms with Crippen molar-refractivity contribution in [3.8, 4) is 0 Å². The number of thioether (sulfide) groups is 1. The van der Waals surface area contributed by atoms with Crippen LogP contribution in [0.5, 0.6) is 0 Å². The van der Waals surface area contributed by atoms with Crippen LogP contribution in [0.25, 0.3) is 0 Å². The third-order valence-electron chi connectivity index (χ3n) is 5.74. The number of hydrogen-bond donors (Lipinski definition) is 2. The summed E-state index contributed by atoms with van der Waals surface area (Å²) in [5.74, 6) is 1.76. The van der Waals surface area contributed by atoms with Crippen molar-refractivity contribution in [3.05, 3.63) is 0 Å². The first-order valence-corrected chi connectivity index (χ1v) is 16.2. The predicted molar refractivity (Wildman–Crippen MR) is 138 cm³/mol. The minimum atomic E-state index is -4.02. The molecule has 0 aromatic heterocycles. The van der Waals surface area contributed by atoms with Gasteiger partial charge in [0, 0.05) is 12.4 Å². The van der Waals surface area contributed by atoms with E-state index >= 15 is 0 Å². The Labute approximate surface area is 198 Å². The fourth-order valence-electron chi connectivity index (χ4n) is 3.81. The van der Waals surface area contributed by atoms with Gasteiger partial charge >= 0.3 is 7.60 Å². The average molecular weight is 481 g/mol. The Morgan fingerprint density at radius 3 is 1.55 bits per heavy atom. The molecule has 0 saturated carbocycles. The Morgan fingerprint density at radius 1 is 0.677 bits per heavy atom. The van der Waals surface area contributed by atoms with Crippen LogP contribution in [0.1, 0.15) is 129 Å². The van der Waals surface area contributed by atoms with Crippen molar-refractivity contribution in [2.45, 2.75) is 136 Å². The molecule has 0 bridgehead atoms. The fraction of sp³-hybridized carbons (Fsp3) is 1.00. The van der Waals surface area contributed by atoms with Crippen LogP contribution in [0.2, 0.25) is 0 Å². The molecule has 4 nitrogen and oxygen atoms in total. The molecule has 6 heteroatoms. The van der Waals surface area contributed by atoms with Crippen molar-refractivity contribution < 1.29 is 19.1 Å². The molecule has 1 unspecified atom stereocenters. The quantitative estimate of drug-likeness (QED) is 0.101. The van der Waals surface area contributed by atoms with E-state index < -0.39 is 7.60 Å². The topological polar surface area (TPSA) is 66.8 Å². The van der Waals surface area contributed by atoms with Gasteiger partial charge in [0.15, 0.2) is 0 Å². The summed E-state index contributed by atoms with van der Waals surface area (Å²) >= 11 is 1.79. The maximum absolute atomic E-state index is 11.4. The molecule has 0 amide bonds. The molecule has 0 spiro atoms. The molecule has 2 N–H and O–H groups in total. The Hall–Kier alpha value is 0.460. The highest BCUT2D eigenvalue weighted by molar-refractivity contribution is 7.99. The second-order valence-electron chi connectivity index (χ2n) is 9.07. The molecular weight excluding hydrogens is 427 g/mol. The van der Waals surface area contributed by atoms with Crippen molar-refractivity contribution in [3.63, 3.8) is 0 Å². The molecule has 0 aliphatic heterocycles. The van der Waals surface area contributed by atoms with E-state index in [1.54, 1.807) is 11.8 Å². The molecule has 31 heavy (non-hydrogen) atoms. The minimum absolute atomic E-state index is 0.144. The zero-order valence-electron chi connectivity index (χ0n) is 20.7. The van der Waals surface area contributed by atoms with Crippen LogP contribution in [0.15, 0.2) is 0 Å². The summed E-state index contributed by atoms with van der Waals surface area (Å²) in [5.41, 5.74) is 0.